The molecule has 0 aromatic heterocycles. The Morgan fingerprint density at radius 2 is 0.966 bits per heavy atom. The van der Waals surface area contributed by atoms with E-state index in [2.05, 4.69) is 19.6 Å². The van der Waals surface area contributed by atoms with Crippen molar-refractivity contribution >= 4 is 23.2 Å². The Balaban J connectivity index is 0.000000179. The summed E-state index contributed by atoms with van der Waals surface area (Å²) in [5, 5.41) is 0. The molecule has 2 amide bonds. The summed E-state index contributed by atoms with van der Waals surface area (Å²) >= 11 is 0. The van der Waals surface area contributed by atoms with Gasteiger partial charge in [-0.2, -0.15) is 0 Å². The molecule has 0 radical (unpaired) electrons. The van der Waals surface area contributed by atoms with Gasteiger partial charge in [-0.3, -0.25) is 29.2 Å². The van der Waals surface area contributed by atoms with E-state index < -0.39 is 11.6 Å². The standard InChI is InChI=1S/C24H29F2N3O.C24H30FN3O/c1-2-23(30)29(20-6-4-3-5-7-20)18-24(10-11-24)28-14-12-27(13-15-28)17-19-8-9-21(25)22(26)16-19;1-2-23(29)28(21-9-4-3-5-10-21)19-24(12-13-24)27-16-14-26(15-17-27)18-20-8-6-7-11-22(20)25/h3-9,16H,2,10-15,17-18H2,1H3;3-11H,2,12-19H2,1H3. The van der Waals surface area contributed by atoms with Crippen LogP contribution >= 0.6 is 0 Å². The van der Waals surface area contributed by atoms with Crippen molar-refractivity contribution in [1.82, 2.24) is 19.6 Å². The van der Waals surface area contributed by atoms with Crippen LogP contribution in [-0.4, -0.2) is 108 Å². The number of amides is 2. The highest BCUT2D eigenvalue weighted by Crippen LogP contribution is 2.45. The molecule has 0 N–H and O–H groups in total. The van der Waals surface area contributed by atoms with Crippen LogP contribution < -0.4 is 9.80 Å². The number of benzene rings is 4. The van der Waals surface area contributed by atoms with Crippen LogP contribution in [-0.2, 0) is 22.7 Å². The van der Waals surface area contributed by atoms with Gasteiger partial charge in [-0.05, 0) is 73.7 Å². The Morgan fingerprint density at radius 1 is 0.525 bits per heavy atom. The largest absolute Gasteiger partial charge is 0.311 e. The van der Waals surface area contributed by atoms with Crippen molar-refractivity contribution < 1.29 is 22.8 Å². The monoisotopic (exact) mass is 808 g/mol. The van der Waals surface area contributed by atoms with Gasteiger partial charge in [0, 0.05) is 119 Å². The number of nitrogens with zero attached hydrogens (tertiary/aromatic N) is 6. The van der Waals surface area contributed by atoms with Crippen LogP contribution in [0.1, 0.15) is 63.5 Å². The Hall–Kier alpha value is -4.55. The minimum Gasteiger partial charge on any atom is -0.311 e. The lowest BCUT2D eigenvalue weighted by Crippen LogP contribution is -2.55. The molecular formula is C48H59F3N6O2. The summed E-state index contributed by atoms with van der Waals surface area (Å²) < 4.78 is 40.6. The van der Waals surface area contributed by atoms with Crippen LogP contribution in [0.3, 0.4) is 0 Å². The zero-order chi connectivity index (χ0) is 41.4. The molecule has 0 unspecified atom stereocenters. The predicted molar refractivity (Wildman–Crippen MR) is 229 cm³/mol. The van der Waals surface area contributed by atoms with Crippen LogP contribution in [0.15, 0.2) is 103 Å². The molecule has 4 aliphatic rings. The highest BCUT2D eigenvalue weighted by atomic mass is 19.2. The van der Waals surface area contributed by atoms with Crippen LogP contribution in [0.4, 0.5) is 24.5 Å². The van der Waals surface area contributed by atoms with Gasteiger partial charge < -0.3 is 9.80 Å². The maximum absolute atomic E-state index is 14.0. The minimum atomic E-state index is -0.802. The third kappa shape index (κ3) is 10.6. The molecule has 2 aliphatic heterocycles. The average molecular weight is 809 g/mol. The highest BCUT2D eigenvalue weighted by molar-refractivity contribution is 5.94. The molecule has 8 rings (SSSR count). The zero-order valence-corrected chi connectivity index (χ0v) is 34.7. The summed E-state index contributed by atoms with van der Waals surface area (Å²) in [6.45, 7) is 14.0. The number of piperazine rings is 2. The number of halogens is 3. The van der Waals surface area contributed by atoms with E-state index in [1.807, 2.05) is 96.4 Å². The van der Waals surface area contributed by atoms with Crippen molar-refractivity contribution in [3.8, 4) is 0 Å². The summed E-state index contributed by atoms with van der Waals surface area (Å²) in [4.78, 5) is 38.9. The van der Waals surface area contributed by atoms with E-state index in [9.17, 15) is 22.8 Å². The van der Waals surface area contributed by atoms with Gasteiger partial charge in [0.05, 0.1) is 0 Å². The second-order valence-corrected chi connectivity index (χ2v) is 16.7. The molecular weight excluding hydrogens is 750 g/mol. The molecule has 4 fully saturated rings. The minimum absolute atomic E-state index is 0.0642. The molecule has 59 heavy (non-hydrogen) atoms. The van der Waals surface area contributed by atoms with Gasteiger partial charge in [0.15, 0.2) is 11.6 Å². The van der Waals surface area contributed by atoms with E-state index >= 15 is 0 Å². The lowest BCUT2D eigenvalue weighted by Gasteiger charge is -2.41. The van der Waals surface area contributed by atoms with Crippen LogP contribution in [0.25, 0.3) is 0 Å². The summed E-state index contributed by atoms with van der Waals surface area (Å²) in [7, 11) is 0. The van der Waals surface area contributed by atoms with Crippen molar-refractivity contribution in [1.29, 1.82) is 0 Å². The van der Waals surface area contributed by atoms with Gasteiger partial charge in [-0.25, -0.2) is 13.2 Å². The van der Waals surface area contributed by atoms with Crippen molar-refractivity contribution in [3.05, 3.63) is 132 Å². The Bertz CT molecular complexity index is 1990. The van der Waals surface area contributed by atoms with Gasteiger partial charge in [0.25, 0.3) is 0 Å². The summed E-state index contributed by atoms with van der Waals surface area (Å²) in [6, 6.07) is 31.1. The molecule has 0 spiro atoms. The molecule has 314 valence electrons. The van der Waals surface area contributed by atoms with Crippen LogP contribution in [0.2, 0.25) is 0 Å². The molecule has 2 heterocycles. The lowest BCUT2D eigenvalue weighted by molar-refractivity contribution is -0.119. The maximum Gasteiger partial charge on any atom is 0.226 e. The van der Waals surface area contributed by atoms with Gasteiger partial charge in [0.1, 0.15) is 5.82 Å². The summed E-state index contributed by atoms with van der Waals surface area (Å²) in [5.41, 5.74) is 3.69. The molecule has 2 saturated heterocycles. The smallest absolute Gasteiger partial charge is 0.226 e. The first kappa shape index (κ1) is 42.6. The highest BCUT2D eigenvalue weighted by Gasteiger charge is 2.51. The first-order chi connectivity index (χ1) is 28.6. The topological polar surface area (TPSA) is 53.6 Å². The van der Waals surface area contributed by atoms with E-state index in [0.29, 0.717) is 25.9 Å². The number of rotatable bonds is 14. The molecule has 2 saturated carbocycles. The third-order valence-electron chi connectivity index (χ3n) is 12.7. The first-order valence-electron chi connectivity index (χ1n) is 21.4. The molecule has 2 aliphatic carbocycles. The van der Waals surface area contributed by atoms with E-state index in [-0.39, 0.29) is 28.7 Å². The van der Waals surface area contributed by atoms with Crippen molar-refractivity contribution in [3.63, 3.8) is 0 Å². The Kier molecular flexibility index (Phi) is 13.9. The third-order valence-corrected chi connectivity index (χ3v) is 12.7. The number of carbonyl (C=O) groups excluding carboxylic acids is 2. The SMILES string of the molecule is CCC(=O)N(CC1(N2CCN(Cc3ccc(F)c(F)c3)CC2)CC1)c1ccccc1.CCC(=O)N(CC1(N2CCN(Cc3ccccc3F)CC2)CC1)c1ccccc1. The second kappa shape index (κ2) is 19.2. The Labute approximate surface area is 348 Å². The lowest BCUT2D eigenvalue weighted by atomic mass is 10.1. The van der Waals surface area contributed by atoms with E-state index in [0.717, 1.165) is 114 Å². The van der Waals surface area contributed by atoms with E-state index in [1.54, 1.807) is 12.1 Å². The van der Waals surface area contributed by atoms with Gasteiger partial charge in [-0.15, -0.1) is 0 Å². The van der Waals surface area contributed by atoms with E-state index in [4.69, 9.17) is 0 Å². The number of para-hydroxylation sites is 2. The molecule has 11 heteroatoms. The van der Waals surface area contributed by atoms with Crippen molar-refractivity contribution in [2.45, 2.75) is 76.5 Å². The van der Waals surface area contributed by atoms with Crippen LogP contribution in [0, 0.1) is 17.5 Å². The molecule has 8 nitrogen and oxygen atoms in total. The summed E-state index contributed by atoms with van der Waals surface area (Å²) in [5.74, 6) is -1.37. The van der Waals surface area contributed by atoms with Crippen molar-refractivity contribution in [2.24, 2.45) is 0 Å². The fourth-order valence-corrected chi connectivity index (χ4v) is 8.79. The Morgan fingerprint density at radius 3 is 1.39 bits per heavy atom. The molecule has 0 atom stereocenters. The maximum atomic E-state index is 14.0. The predicted octanol–water partition coefficient (Wildman–Crippen LogP) is 7.98. The second-order valence-electron chi connectivity index (χ2n) is 16.7. The molecule has 0 bridgehead atoms. The molecule has 4 aromatic rings. The fourth-order valence-electron chi connectivity index (χ4n) is 8.79. The number of carbonyl (C=O) groups is 2. The average Bonchev–Trinajstić information content (AvgIpc) is 4.22. The zero-order valence-electron chi connectivity index (χ0n) is 34.7. The first-order valence-corrected chi connectivity index (χ1v) is 21.4. The molecule has 4 aromatic carbocycles. The van der Waals surface area contributed by atoms with Crippen molar-refractivity contribution in [2.75, 3.05) is 75.2 Å². The number of anilines is 2. The van der Waals surface area contributed by atoms with Gasteiger partial charge in [0.2, 0.25) is 11.8 Å². The van der Waals surface area contributed by atoms with E-state index in [1.165, 1.54) is 18.2 Å². The number of hydrogen-bond acceptors (Lipinski definition) is 6. The van der Waals surface area contributed by atoms with Gasteiger partial charge in [-0.1, -0.05) is 74.5 Å². The van der Waals surface area contributed by atoms with Gasteiger partial charge >= 0.3 is 0 Å². The quantitative estimate of drug-likeness (QED) is 0.129. The number of hydrogen-bond donors (Lipinski definition) is 0. The van der Waals surface area contributed by atoms with Crippen LogP contribution in [0.5, 0.6) is 0 Å². The normalized spacial score (nSPS) is 19.0. The fraction of sp³-hybridized carbons (Fsp3) is 0.458. The summed E-state index contributed by atoms with van der Waals surface area (Å²) in [6.07, 6.45) is 5.50.